The van der Waals surface area contributed by atoms with Gasteiger partial charge in [0.15, 0.2) is 5.79 Å². The Hall–Kier alpha value is -0.160. The third kappa shape index (κ3) is 2.74. The Morgan fingerprint density at radius 2 is 2.06 bits per heavy atom. The molecular weight excluding hydrogens is 204 g/mol. The van der Waals surface area contributed by atoms with Crippen molar-refractivity contribution in [3.05, 3.63) is 0 Å². The first-order chi connectivity index (χ1) is 7.78. The monoisotopic (exact) mass is 228 g/mol. The van der Waals surface area contributed by atoms with Crippen molar-refractivity contribution in [3.63, 3.8) is 0 Å². The van der Waals surface area contributed by atoms with E-state index < -0.39 is 0 Å². The van der Waals surface area contributed by atoms with Crippen LogP contribution in [0.15, 0.2) is 0 Å². The SMILES string of the molecule is COC1(OC)CN(CCC2CCCNC2)C1. The van der Waals surface area contributed by atoms with E-state index in [9.17, 15) is 0 Å². The van der Waals surface area contributed by atoms with Crippen molar-refractivity contribution in [2.24, 2.45) is 5.92 Å². The van der Waals surface area contributed by atoms with Crippen LogP contribution in [0.2, 0.25) is 0 Å². The van der Waals surface area contributed by atoms with E-state index in [0.29, 0.717) is 0 Å². The molecule has 0 aromatic heterocycles. The molecule has 4 nitrogen and oxygen atoms in total. The number of nitrogens with one attached hydrogen (secondary N) is 1. The highest BCUT2D eigenvalue weighted by Crippen LogP contribution is 2.26. The fourth-order valence-electron chi connectivity index (χ4n) is 2.67. The van der Waals surface area contributed by atoms with Crippen LogP contribution in [-0.2, 0) is 9.47 Å². The van der Waals surface area contributed by atoms with Crippen LogP contribution in [0.25, 0.3) is 0 Å². The van der Waals surface area contributed by atoms with Gasteiger partial charge in [0.2, 0.25) is 0 Å². The van der Waals surface area contributed by atoms with Crippen molar-refractivity contribution in [1.82, 2.24) is 10.2 Å². The van der Waals surface area contributed by atoms with Gasteiger partial charge in [-0.3, -0.25) is 4.90 Å². The Balaban J connectivity index is 1.62. The molecule has 2 heterocycles. The summed E-state index contributed by atoms with van der Waals surface area (Å²) < 4.78 is 10.7. The van der Waals surface area contributed by atoms with Gasteiger partial charge in [0, 0.05) is 14.2 Å². The van der Waals surface area contributed by atoms with Gasteiger partial charge in [-0.15, -0.1) is 0 Å². The average molecular weight is 228 g/mol. The first kappa shape index (κ1) is 12.3. The maximum atomic E-state index is 5.37. The summed E-state index contributed by atoms with van der Waals surface area (Å²) in [5.41, 5.74) is 0. The summed E-state index contributed by atoms with van der Waals surface area (Å²) in [6.45, 7) is 5.42. The minimum atomic E-state index is -0.315. The summed E-state index contributed by atoms with van der Waals surface area (Å²) in [5, 5.41) is 3.47. The second-order valence-corrected chi connectivity index (χ2v) is 5.03. The Kier molecular flexibility index (Phi) is 4.19. The maximum absolute atomic E-state index is 5.37. The summed E-state index contributed by atoms with van der Waals surface area (Å²) >= 11 is 0. The van der Waals surface area contributed by atoms with E-state index >= 15 is 0 Å². The molecule has 2 saturated heterocycles. The van der Waals surface area contributed by atoms with Gasteiger partial charge in [-0.05, 0) is 44.8 Å². The fraction of sp³-hybridized carbons (Fsp3) is 1.00. The van der Waals surface area contributed by atoms with Crippen LogP contribution in [0.5, 0.6) is 0 Å². The van der Waals surface area contributed by atoms with Gasteiger partial charge in [0.05, 0.1) is 13.1 Å². The average Bonchev–Trinajstić information content (AvgIpc) is 2.30. The standard InChI is InChI=1S/C12H24N2O2/c1-15-12(16-2)9-14(10-12)7-5-11-4-3-6-13-8-11/h11,13H,3-10H2,1-2H3. The molecule has 0 aromatic rings. The summed E-state index contributed by atoms with van der Waals surface area (Å²) in [7, 11) is 3.46. The zero-order valence-electron chi connectivity index (χ0n) is 10.5. The Bertz CT molecular complexity index is 205. The number of ether oxygens (including phenoxy) is 2. The molecule has 1 atom stereocenters. The smallest absolute Gasteiger partial charge is 0.193 e. The fourth-order valence-corrected chi connectivity index (χ4v) is 2.67. The Morgan fingerprint density at radius 3 is 2.62 bits per heavy atom. The molecule has 0 aliphatic carbocycles. The summed E-state index contributed by atoms with van der Waals surface area (Å²) in [6.07, 6.45) is 4.03. The number of hydrogen-bond acceptors (Lipinski definition) is 4. The molecule has 4 heteroatoms. The topological polar surface area (TPSA) is 33.7 Å². The number of rotatable bonds is 5. The van der Waals surface area contributed by atoms with Crippen LogP contribution in [0.1, 0.15) is 19.3 Å². The van der Waals surface area contributed by atoms with Crippen molar-refractivity contribution in [2.75, 3.05) is 46.9 Å². The van der Waals surface area contributed by atoms with E-state index in [-0.39, 0.29) is 5.79 Å². The molecule has 2 rings (SSSR count). The largest absolute Gasteiger partial charge is 0.351 e. The molecule has 0 bridgehead atoms. The predicted molar refractivity (Wildman–Crippen MR) is 63.4 cm³/mol. The highest BCUT2D eigenvalue weighted by Gasteiger charge is 2.43. The van der Waals surface area contributed by atoms with Gasteiger partial charge >= 0.3 is 0 Å². The molecule has 0 saturated carbocycles. The zero-order chi connectivity index (χ0) is 11.4. The number of nitrogens with zero attached hydrogens (tertiary/aromatic N) is 1. The normalized spacial score (nSPS) is 30.0. The molecule has 2 aliphatic heterocycles. The first-order valence-electron chi connectivity index (χ1n) is 6.31. The van der Waals surface area contributed by atoms with E-state index in [1.54, 1.807) is 14.2 Å². The van der Waals surface area contributed by atoms with Gasteiger partial charge in [-0.1, -0.05) is 0 Å². The second-order valence-electron chi connectivity index (χ2n) is 5.03. The molecule has 0 radical (unpaired) electrons. The van der Waals surface area contributed by atoms with Gasteiger partial charge in [-0.25, -0.2) is 0 Å². The van der Waals surface area contributed by atoms with Gasteiger partial charge in [0.25, 0.3) is 0 Å². The van der Waals surface area contributed by atoms with Gasteiger partial charge in [-0.2, -0.15) is 0 Å². The van der Waals surface area contributed by atoms with E-state index in [4.69, 9.17) is 9.47 Å². The highest BCUT2D eigenvalue weighted by molar-refractivity contribution is 4.89. The van der Waals surface area contributed by atoms with Crippen molar-refractivity contribution >= 4 is 0 Å². The molecule has 1 unspecified atom stereocenters. The van der Waals surface area contributed by atoms with E-state index in [1.807, 2.05) is 0 Å². The summed E-state index contributed by atoms with van der Waals surface area (Å²) in [4.78, 5) is 2.42. The number of piperidine rings is 1. The minimum absolute atomic E-state index is 0.315. The number of hydrogen-bond donors (Lipinski definition) is 1. The number of likely N-dealkylation sites (tertiary alicyclic amines) is 1. The third-order valence-electron chi connectivity index (χ3n) is 3.93. The lowest BCUT2D eigenvalue weighted by Gasteiger charge is -2.48. The van der Waals surface area contributed by atoms with Gasteiger partial charge in [0.1, 0.15) is 0 Å². The number of methoxy groups -OCH3 is 2. The molecular formula is C12H24N2O2. The van der Waals surface area contributed by atoms with E-state index in [2.05, 4.69) is 10.2 Å². The molecule has 16 heavy (non-hydrogen) atoms. The van der Waals surface area contributed by atoms with Crippen molar-refractivity contribution < 1.29 is 9.47 Å². The van der Waals surface area contributed by atoms with Crippen molar-refractivity contribution in [1.29, 1.82) is 0 Å². The van der Waals surface area contributed by atoms with Crippen LogP contribution in [0.3, 0.4) is 0 Å². The Labute approximate surface area is 98.3 Å². The van der Waals surface area contributed by atoms with E-state index in [0.717, 1.165) is 19.0 Å². The van der Waals surface area contributed by atoms with Crippen molar-refractivity contribution in [3.8, 4) is 0 Å². The zero-order valence-corrected chi connectivity index (χ0v) is 10.5. The van der Waals surface area contributed by atoms with Crippen LogP contribution in [-0.4, -0.2) is 57.6 Å². The van der Waals surface area contributed by atoms with Crippen LogP contribution in [0.4, 0.5) is 0 Å². The van der Waals surface area contributed by atoms with Crippen LogP contribution < -0.4 is 5.32 Å². The lowest BCUT2D eigenvalue weighted by Crippen LogP contribution is -2.64. The lowest BCUT2D eigenvalue weighted by molar-refractivity contribution is -0.275. The minimum Gasteiger partial charge on any atom is -0.351 e. The molecule has 94 valence electrons. The van der Waals surface area contributed by atoms with Crippen LogP contribution >= 0.6 is 0 Å². The second kappa shape index (κ2) is 5.45. The van der Waals surface area contributed by atoms with Gasteiger partial charge < -0.3 is 14.8 Å². The summed E-state index contributed by atoms with van der Waals surface area (Å²) in [5.74, 6) is 0.555. The molecule has 0 aromatic carbocycles. The molecule has 2 aliphatic rings. The quantitative estimate of drug-likeness (QED) is 0.702. The lowest BCUT2D eigenvalue weighted by atomic mass is 9.95. The third-order valence-corrected chi connectivity index (χ3v) is 3.93. The predicted octanol–water partition coefficient (Wildman–Crippen LogP) is 0.681. The highest BCUT2D eigenvalue weighted by atomic mass is 16.7. The summed E-state index contributed by atoms with van der Waals surface area (Å²) in [6, 6.07) is 0. The van der Waals surface area contributed by atoms with E-state index in [1.165, 1.54) is 38.9 Å². The molecule has 0 spiro atoms. The molecule has 0 amide bonds. The van der Waals surface area contributed by atoms with Crippen molar-refractivity contribution in [2.45, 2.75) is 25.0 Å². The van der Waals surface area contributed by atoms with Crippen LogP contribution in [0, 0.1) is 5.92 Å². The first-order valence-corrected chi connectivity index (χ1v) is 6.31. The Morgan fingerprint density at radius 1 is 1.31 bits per heavy atom. The molecule has 2 fully saturated rings. The maximum Gasteiger partial charge on any atom is 0.193 e. The molecule has 1 N–H and O–H groups in total.